The van der Waals surface area contributed by atoms with Gasteiger partial charge in [-0.15, -0.1) is 11.3 Å². The van der Waals surface area contributed by atoms with E-state index in [0.717, 1.165) is 86.8 Å². The van der Waals surface area contributed by atoms with Gasteiger partial charge in [0.2, 0.25) is 0 Å². The Hall–Kier alpha value is -7.79. The summed E-state index contributed by atoms with van der Waals surface area (Å²) in [5.74, 6) is -0.853. The highest BCUT2D eigenvalue weighted by Crippen LogP contribution is 2.44. The lowest BCUT2D eigenvalue weighted by Crippen LogP contribution is -2.30. The van der Waals surface area contributed by atoms with E-state index < -0.39 is 29.7 Å². The van der Waals surface area contributed by atoms with Crippen LogP contribution in [0.25, 0.3) is 32.0 Å². The molecule has 2 saturated carbocycles. The molecule has 2 aliphatic carbocycles. The average Bonchev–Trinajstić information content (AvgIpc) is 4.21. The number of unbranched alkanes of at least 4 members (excludes halogenated alkanes) is 8. The average molecular weight is 1140 g/mol. The Labute approximate surface area is 482 Å². The summed E-state index contributed by atoms with van der Waals surface area (Å²) in [7, 11) is 0. The Morgan fingerprint density at radius 1 is 0.512 bits per heavy atom. The first-order chi connectivity index (χ1) is 39.8. The first-order valence-corrected chi connectivity index (χ1v) is 29.5. The zero-order valence-electron chi connectivity index (χ0n) is 46.9. The van der Waals surface area contributed by atoms with Gasteiger partial charge in [-0.3, -0.25) is 19.2 Å². The summed E-state index contributed by atoms with van der Waals surface area (Å²) < 4.78 is 52.3. The van der Waals surface area contributed by atoms with Crippen LogP contribution < -0.4 is 28.4 Å². The molecule has 17 heteroatoms. The number of rotatable bonds is 29. The highest BCUT2D eigenvalue weighted by molar-refractivity contribution is 7.22. The maximum Gasteiger partial charge on any atom is 0.330 e. The second kappa shape index (κ2) is 30.3. The van der Waals surface area contributed by atoms with Gasteiger partial charge >= 0.3 is 35.8 Å². The molecule has 82 heavy (non-hydrogen) atoms. The van der Waals surface area contributed by atoms with Gasteiger partial charge < -0.3 is 42.3 Å². The van der Waals surface area contributed by atoms with Crippen molar-refractivity contribution in [1.82, 2.24) is 4.98 Å². The van der Waals surface area contributed by atoms with Crippen LogP contribution in [0.4, 0.5) is 0 Å². The number of carbonyl (C=O) groups is 6. The zero-order valence-corrected chi connectivity index (χ0v) is 47.7. The summed E-state index contributed by atoms with van der Waals surface area (Å²) in [4.78, 5) is 81.5. The Kier molecular flexibility index (Phi) is 22.3. The molecule has 0 spiro atoms. The van der Waals surface area contributed by atoms with Crippen molar-refractivity contribution in [2.75, 3.05) is 26.4 Å². The number of carbonyl (C=O) groups excluding carboxylic acids is 6. The lowest BCUT2D eigenvalue weighted by Gasteiger charge is -2.26. The van der Waals surface area contributed by atoms with Crippen molar-refractivity contribution in [3.63, 3.8) is 0 Å². The first-order valence-electron chi connectivity index (χ1n) is 28.7. The molecule has 8 rings (SSSR count). The zero-order chi connectivity index (χ0) is 57.8. The molecular weight excluding hydrogens is 1070 g/mol. The van der Waals surface area contributed by atoms with Crippen molar-refractivity contribution in [2.24, 2.45) is 23.7 Å². The Morgan fingerprint density at radius 3 is 1.38 bits per heavy atom. The normalized spacial score (nSPS) is 16.9. The number of benzene rings is 4. The summed E-state index contributed by atoms with van der Waals surface area (Å²) in [6.45, 7) is 12.7. The number of aromatic nitrogens is 1. The number of ether oxygens (including phenoxy) is 8. The van der Waals surface area contributed by atoms with Crippen LogP contribution in [0.2, 0.25) is 0 Å². The van der Waals surface area contributed by atoms with Crippen LogP contribution in [-0.4, -0.2) is 67.2 Å². The molecule has 2 aliphatic rings. The highest BCUT2D eigenvalue weighted by atomic mass is 32.1. The number of fused-ring (bicyclic) bond motifs is 2. The maximum atomic E-state index is 13.9. The SMILES string of the molecule is C=CC(=O)OCCCCCCCCOc1ccc(OC(=O)[C@H]2CC[C@H](C(=O)Oc3ccc(OC(=O)[C@H]4CC[C@H](C(=O)Oc5ccc(OCCCCCCOC(=O)C=C)cc5)CC4)c4nc(-c5cc6c(C)cc(C)cc6o5)sc34)CC2)cc1. The molecule has 16 nitrogen and oxygen atoms in total. The molecule has 2 heterocycles. The molecule has 0 unspecified atom stereocenters. The van der Waals surface area contributed by atoms with E-state index >= 15 is 0 Å². The van der Waals surface area contributed by atoms with E-state index in [9.17, 15) is 28.8 Å². The number of aryl methyl sites for hydroxylation is 2. The van der Waals surface area contributed by atoms with Crippen LogP contribution in [-0.2, 0) is 38.2 Å². The fourth-order valence-corrected chi connectivity index (χ4v) is 11.2. The second-order valence-corrected chi connectivity index (χ2v) is 22.1. The third-order valence-electron chi connectivity index (χ3n) is 14.9. The number of esters is 6. The molecule has 0 radical (unpaired) electrons. The van der Waals surface area contributed by atoms with Gasteiger partial charge in [-0.25, -0.2) is 14.6 Å². The maximum absolute atomic E-state index is 13.9. The number of nitrogens with zero attached hydrogens (tertiary/aromatic N) is 1. The lowest BCUT2D eigenvalue weighted by atomic mass is 9.82. The predicted octanol–water partition coefficient (Wildman–Crippen LogP) is 14.1. The minimum Gasteiger partial charge on any atom is -0.494 e. The molecule has 0 N–H and O–H groups in total. The third kappa shape index (κ3) is 17.4. The Balaban J connectivity index is 0.807. The first kappa shape index (κ1) is 60.3. The van der Waals surface area contributed by atoms with E-state index in [1.54, 1.807) is 60.7 Å². The van der Waals surface area contributed by atoms with Gasteiger partial charge in [0.15, 0.2) is 22.3 Å². The smallest absolute Gasteiger partial charge is 0.330 e. The van der Waals surface area contributed by atoms with Crippen molar-refractivity contribution in [2.45, 2.75) is 129 Å². The summed E-state index contributed by atoms with van der Waals surface area (Å²) in [5.41, 5.74) is 3.17. The second-order valence-electron chi connectivity index (χ2n) is 21.1. The van der Waals surface area contributed by atoms with Gasteiger partial charge in [0, 0.05) is 17.5 Å². The fourth-order valence-electron chi connectivity index (χ4n) is 10.3. The van der Waals surface area contributed by atoms with Crippen LogP contribution >= 0.6 is 11.3 Å². The molecule has 0 saturated heterocycles. The fraction of sp³-hybridized carbons (Fsp3) is 0.431. The quantitative estimate of drug-likeness (QED) is 0.0185. The predicted molar refractivity (Wildman–Crippen MR) is 310 cm³/mol. The summed E-state index contributed by atoms with van der Waals surface area (Å²) in [6, 6.07) is 23.1. The summed E-state index contributed by atoms with van der Waals surface area (Å²) >= 11 is 1.27. The number of furan rings is 1. The molecule has 4 aromatic carbocycles. The molecule has 0 amide bonds. The van der Waals surface area contributed by atoms with Gasteiger partial charge in [0.25, 0.3) is 0 Å². The van der Waals surface area contributed by atoms with E-state index in [1.165, 1.54) is 17.4 Å². The van der Waals surface area contributed by atoms with Gasteiger partial charge in [0.05, 0.1) is 50.1 Å². The van der Waals surface area contributed by atoms with E-state index in [2.05, 4.69) is 19.2 Å². The van der Waals surface area contributed by atoms with Crippen molar-refractivity contribution >= 4 is 68.3 Å². The van der Waals surface area contributed by atoms with Crippen molar-refractivity contribution < 1.29 is 71.1 Å². The van der Waals surface area contributed by atoms with Crippen LogP contribution in [0.5, 0.6) is 34.5 Å². The third-order valence-corrected chi connectivity index (χ3v) is 16.0. The summed E-state index contributed by atoms with van der Waals surface area (Å²) in [5, 5.41) is 1.46. The van der Waals surface area contributed by atoms with Gasteiger partial charge in [-0.1, -0.05) is 44.9 Å². The van der Waals surface area contributed by atoms with E-state index in [0.29, 0.717) is 127 Å². The minimum atomic E-state index is -0.465. The van der Waals surface area contributed by atoms with Gasteiger partial charge in [-0.2, -0.15) is 0 Å². The monoisotopic (exact) mass is 1140 g/mol. The van der Waals surface area contributed by atoms with Gasteiger partial charge in [-0.05, 0) is 188 Å². The standard InChI is InChI=1S/C65H73NO15S/c1-5-57(67)75-37-15-10-8-7-9-13-35-73-48-25-29-50(30-26-48)78-63(70)45-19-23-47(24-20-45)65(72)81-54-34-33-53(59-60(54)82-61(66-59)56-41-52-43(4)39-42(3)40-55(52)79-56)80-64(71)46-21-17-44(18-22-46)62(69)77-51-31-27-49(28-32-51)74-36-14-11-12-16-38-76-58(68)6-2/h5-6,25-34,39-41,44-47H,1-2,7-24,35-38H2,3-4H3/t44-,45-,46-,47-. The van der Waals surface area contributed by atoms with E-state index in [-0.39, 0.29) is 41.2 Å². The number of thiazole rings is 1. The Bertz CT molecular complexity index is 3160. The number of hydrogen-bond donors (Lipinski definition) is 0. The van der Waals surface area contributed by atoms with Crippen molar-refractivity contribution in [3.8, 4) is 45.3 Å². The van der Waals surface area contributed by atoms with Crippen LogP contribution in [0, 0.1) is 37.5 Å². The topological polar surface area (TPSA) is 202 Å². The largest absolute Gasteiger partial charge is 0.494 e. The van der Waals surface area contributed by atoms with Crippen LogP contribution in [0.3, 0.4) is 0 Å². The molecule has 0 atom stereocenters. The van der Waals surface area contributed by atoms with Crippen LogP contribution in [0.15, 0.2) is 109 Å². The van der Waals surface area contributed by atoms with Gasteiger partial charge in [0.1, 0.15) is 38.8 Å². The number of hydrogen-bond acceptors (Lipinski definition) is 17. The lowest BCUT2D eigenvalue weighted by molar-refractivity contribution is -0.145. The molecule has 6 aromatic rings. The Morgan fingerprint density at radius 2 is 0.915 bits per heavy atom. The van der Waals surface area contributed by atoms with E-state index in [1.807, 2.05) is 26.0 Å². The molecule has 2 aromatic heterocycles. The van der Waals surface area contributed by atoms with Crippen molar-refractivity contribution in [1.29, 1.82) is 0 Å². The molecule has 0 aliphatic heterocycles. The molecule has 434 valence electrons. The van der Waals surface area contributed by atoms with Crippen LogP contribution in [0.1, 0.15) is 127 Å². The molecular formula is C65H73NO15S. The van der Waals surface area contributed by atoms with E-state index in [4.69, 9.17) is 47.3 Å². The highest BCUT2D eigenvalue weighted by Gasteiger charge is 2.35. The molecule has 0 bridgehead atoms. The summed E-state index contributed by atoms with van der Waals surface area (Å²) in [6.07, 6.45) is 15.3. The minimum absolute atomic E-state index is 0.214. The van der Waals surface area contributed by atoms with Crippen molar-refractivity contribution in [3.05, 3.63) is 115 Å². The molecule has 2 fully saturated rings.